The fourth-order valence-corrected chi connectivity index (χ4v) is 13.1. The number of rotatable bonds is 2. The van der Waals surface area contributed by atoms with Crippen molar-refractivity contribution >= 4 is 28.3 Å². The minimum atomic E-state index is -0.434. The summed E-state index contributed by atoms with van der Waals surface area (Å²) in [6.45, 7) is 7.12. The van der Waals surface area contributed by atoms with E-state index >= 15 is 0 Å². The van der Waals surface area contributed by atoms with E-state index in [4.69, 9.17) is 23.9 Å². The lowest BCUT2D eigenvalue weighted by atomic mass is 9.51. The third kappa shape index (κ3) is 3.73. The molecule has 8 aliphatic rings. The van der Waals surface area contributed by atoms with Crippen molar-refractivity contribution in [1.29, 1.82) is 0 Å². The summed E-state index contributed by atoms with van der Waals surface area (Å²) in [6, 6.07) is 12.1. The van der Waals surface area contributed by atoms with Gasteiger partial charge in [-0.05, 0) is 98.4 Å². The van der Waals surface area contributed by atoms with E-state index in [1.54, 1.807) is 14.2 Å². The quantitative estimate of drug-likeness (QED) is 0.240. The molecule has 1 aromatic heterocycles. The van der Waals surface area contributed by atoms with Gasteiger partial charge < -0.3 is 23.5 Å². The van der Waals surface area contributed by atoms with Gasteiger partial charge in [0.2, 0.25) is 6.29 Å². The summed E-state index contributed by atoms with van der Waals surface area (Å²) in [5, 5.41) is 1.32. The number of benzene rings is 2. The number of hydrogen-bond acceptors (Lipinski definition) is 8. The number of aromatic nitrogens is 1. The molecule has 11 atom stereocenters. The number of esters is 1. The molecule has 11 rings (SSSR count). The first-order valence-electron chi connectivity index (χ1n) is 19.2. The fraction of sp³-hybridized carbons (Fsp3) is 0.571. The second-order valence-electron chi connectivity index (χ2n) is 16.8. The number of aliphatic imine (C=N–C) groups is 1. The van der Waals surface area contributed by atoms with Gasteiger partial charge in [0.25, 0.3) is 0 Å². The van der Waals surface area contributed by atoms with Crippen molar-refractivity contribution in [3.05, 3.63) is 64.4 Å². The highest BCUT2D eigenvalue weighted by Gasteiger charge is 2.66. The van der Waals surface area contributed by atoms with E-state index < -0.39 is 5.41 Å². The predicted octanol–water partition coefficient (Wildman–Crippen LogP) is 6.06. The fourth-order valence-electron chi connectivity index (χ4n) is 13.1. The van der Waals surface area contributed by atoms with Crippen LogP contribution in [0.4, 0.5) is 5.69 Å². The lowest BCUT2D eigenvalue weighted by molar-refractivity contribution is -0.221. The van der Waals surface area contributed by atoms with Crippen molar-refractivity contribution in [3.8, 4) is 11.5 Å². The molecule has 7 aliphatic heterocycles. The van der Waals surface area contributed by atoms with Crippen LogP contribution in [-0.2, 0) is 33.2 Å². The number of piperidine rings is 3. The van der Waals surface area contributed by atoms with E-state index in [1.165, 1.54) is 44.6 Å². The van der Waals surface area contributed by atoms with Gasteiger partial charge >= 0.3 is 5.97 Å². The summed E-state index contributed by atoms with van der Waals surface area (Å²) >= 11 is 0. The van der Waals surface area contributed by atoms with Gasteiger partial charge in [-0.25, -0.2) is 0 Å². The molecule has 2 aromatic carbocycles. The zero-order valence-corrected chi connectivity index (χ0v) is 30.5. The lowest BCUT2D eigenvalue weighted by Gasteiger charge is -2.59. The molecule has 51 heavy (non-hydrogen) atoms. The van der Waals surface area contributed by atoms with Gasteiger partial charge in [-0.15, -0.1) is 0 Å². The van der Waals surface area contributed by atoms with Crippen molar-refractivity contribution in [2.45, 2.75) is 75.3 Å². The highest BCUT2D eigenvalue weighted by atomic mass is 16.7. The summed E-state index contributed by atoms with van der Waals surface area (Å²) in [6.07, 6.45) is 5.90. The topological polar surface area (TPSA) is 77.8 Å². The van der Waals surface area contributed by atoms with Crippen LogP contribution in [0.2, 0.25) is 0 Å². The number of allylic oxidation sites excluding steroid dienone is 1. The van der Waals surface area contributed by atoms with Gasteiger partial charge in [0.15, 0.2) is 0 Å². The van der Waals surface area contributed by atoms with E-state index in [0.717, 1.165) is 56.0 Å². The van der Waals surface area contributed by atoms with Crippen LogP contribution in [0.1, 0.15) is 67.5 Å². The van der Waals surface area contributed by atoms with E-state index in [0.29, 0.717) is 30.5 Å². The van der Waals surface area contributed by atoms with Crippen LogP contribution in [0.25, 0.3) is 10.9 Å². The van der Waals surface area contributed by atoms with Gasteiger partial charge in [-0.2, -0.15) is 0 Å². The van der Waals surface area contributed by atoms with Crippen molar-refractivity contribution < 1.29 is 23.7 Å². The number of carbonyl (C=O) groups is 1. The Bertz CT molecular complexity index is 2100. The second-order valence-corrected chi connectivity index (χ2v) is 16.8. The summed E-state index contributed by atoms with van der Waals surface area (Å²) < 4.78 is 27.4. The average Bonchev–Trinajstić information content (AvgIpc) is 3.61. The van der Waals surface area contributed by atoms with Gasteiger partial charge in [0.1, 0.15) is 11.5 Å². The monoisotopic (exact) mass is 688 g/mol. The largest absolute Gasteiger partial charge is 0.497 e. The summed E-state index contributed by atoms with van der Waals surface area (Å²) in [7, 11) is 7.88. The predicted molar refractivity (Wildman–Crippen MR) is 194 cm³/mol. The number of likely N-dealkylation sites (N-methyl/N-ethyl adjacent to an activating group) is 1. The van der Waals surface area contributed by atoms with Gasteiger partial charge in [0.05, 0.1) is 43.9 Å². The molecule has 0 spiro atoms. The van der Waals surface area contributed by atoms with Gasteiger partial charge in [-0.1, -0.05) is 18.6 Å². The average molecular weight is 689 g/mol. The Hall–Kier alpha value is -3.66. The highest BCUT2D eigenvalue weighted by molar-refractivity contribution is 6.10. The van der Waals surface area contributed by atoms with E-state index in [2.05, 4.69) is 78.7 Å². The Morgan fingerprint density at radius 1 is 1.10 bits per heavy atom. The number of aryl methyl sites for hydroxylation is 1. The Morgan fingerprint density at radius 2 is 1.96 bits per heavy atom. The Labute approximate surface area is 299 Å². The zero-order valence-electron chi connectivity index (χ0n) is 30.5. The molecule has 0 unspecified atom stereocenters. The summed E-state index contributed by atoms with van der Waals surface area (Å²) in [5.41, 5.74) is 9.77. The maximum absolute atomic E-state index is 13.9. The van der Waals surface area contributed by atoms with E-state index in [-0.39, 0.29) is 42.0 Å². The number of nitrogens with zero attached hydrogens (tertiary/aromatic N) is 4. The van der Waals surface area contributed by atoms with Crippen molar-refractivity contribution in [2.24, 2.45) is 41.6 Å². The molecular formula is C42H48N4O5. The Morgan fingerprint density at radius 3 is 2.76 bits per heavy atom. The molecule has 9 nitrogen and oxygen atoms in total. The Balaban J connectivity index is 0.994. The molecule has 5 fully saturated rings. The van der Waals surface area contributed by atoms with Crippen LogP contribution >= 0.6 is 0 Å². The molecule has 0 N–H and O–H groups in total. The molecule has 8 heterocycles. The first kappa shape index (κ1) is 30.9. The number of hydrogen-bond donors (Lipinski definition) is 0. The zero-order chi connectivity index (χ0) is 34.7. The first-order chi connectivity index (χ1) is 24.8. The molecule has 3 aromatic rings. The number of carbonyl (C=O) groups excluding carboxylic acids is 1. The third-order valence-electron chi connectivity index (χ3n) is 15.4. The molecule has 1 saturated carbocycles. The maximum atomic E-state index is 13.9. The second kappa shape index (κ2) is 10.5. The summed E-state index contributed by atoms with van der Waals surface area (Å²) in [5.74, 6) is 3.00. The van der Waals surface area contributed by atoms with Crippen molar-refractivity contribution in [2.75, 3.05) is 41.0 Å². The van der Waals surface area contributed by atoms with E-state index in [1.807, 2.05) is 0 Å². The standard InChI is InChI=1S/C42H48N4O5/c1-7-21-18-46-11-10-42-29-13-23-20(2)36-26-15-33-38-27(25-12-22(48-5)8-9-31(25)45(38)4)16-32(44(33)3)28(26)19-50-41(36)51-35(23)17-30(29)43-39(42)34(46)14-24(21)37(42)40(47)49-6/h7-9,12-13,17,20,24,26,28,32-34,36-37,41H,10-11,14-16,18-19H2,1-6H3/b21-7-/t20-,24+,26-,28-,32+,33+,34+,36+,37-,41+,42+/m1/s1. The van der Waals surface area contributed by atoms with Crippen molar-refractivity contribution in [3.63, 3.8) is 0 Å². The minimum absolute atomic E-state index is 0.0941. The highest BCUT2D eigenvalue weighted by Crippen LogP contribution is 2.63. The number of fused-ring (bicyclic) bond motifs is 13. The SMILES string of the molecule is C/C=C1/CN2CC[C@]34C(=Nc5cc6c(cc53)[C@@H](C)[C@@H]3[C@@H](OC[C@@H]5[C@H]3C[C@H]3c7c(c8cc(OC)ccc8n7C)C[C@@H]5N3C)O6)[C@@H]2C[C@@H]1[C@@H]4C(=O)OC. The minimum Gasteiger partial charge on any atom is -0.497 e. The molecule has 5 bridgehead atoms. The summed E-state index contributed by atoms with van der Waals surface area (Å²) in [4.78, 5) is 24.6. The maximum Gasteiger partial charge on any atom is 0.310 e. The van der Waals surface area contributed by atoms with E-state index in [9.17, 15) is 4.79 Å². The molecule has 266 valence electrons. The van der Waals surface area contributed by atoms with Crippen LogP contribution in [0.5, 0.6) is 11.5 Å². The van der Waals surface area contributed by atoms with Crippen LogP contribution in [0.15, 0.2) is 47.0 Å². The lowest BCUT2D eigenvalue weighted by Crippen LogP contribution is -2.68. The number of methoxy groups -OCH3 is 2. The smallest absolute Gasteiger partial charge is 0.310 e. The van der Waals surface area contributed by atoms with Crippen LogP contribution < -0.4 is 9.47 Å². The molecule has 0 radical (unpaired) electrons. The molecule has 0 amide bonds. The van der Waals surface area contributed by atoms with Crippen LogP contribution in [-0.4, -0.2) is 85.4 Å². The molecule has 4 saturated heterocycles. The van der Waals surface area contributed by atoms with Gasteiger partial charge in [-0.3, -0.25) is 19.6 Å². The first-order valence-corrected chi connectivity index (χ1v) is 19.2. The van der Waals surface area contributed by atoms with Crippen LogP contribution in [0.3, 0.4) is 0 Å². The van der Waals surface area contributed by atoms with Gasteiger partial charge in [0, 0.05) is 72.4 Å². The normalized spacial score (nSPS) is 39.3. The third-order valence-corrected chi connectivity index (χ3v) is 15.4. The number of ether oxygens (including phenoxy) is 4. The molecular weight excluding hydrogens is 640 g/mol. The Kier molecular flexibility index (Phi) is 6.35. The molecule has 9 heteroatoms. The molecule has 1 aliphatic carbocycles. The van der Waals surface area contributed by atoms with Crippen LogP contribution in [0, 0.1) is 29.6 Å². The van der Waals surface area contributed by atoms with Crippen molar-refractivity contribution in [1.82, 2.24) is 14.4 Å².